The van der Waals surface area contributed by atoms with Crippen LogP contribution in [0.4, 0.5) is 0 Å². The van der Waals surface area contributed by atoms with Crippen molar-refractivity contribution in [2.45, 2.75) is 0 Å². The monoisotopic (exact) mass is 660 g/mol. The predicted molar refractivity (Wildman–Crippen MR) is 176 cm³/mol. The summed E-state index contributed by atoms with van der Waals surface area (Å²) in [7, 11) is 0. The Labute approximate surface area is 282 Å². The molecule has 9 rings (SSSR count). The lowest BCUT2D eigenvalue weighted by Crippen LogP contribution is -2.03. The molecule has 0 saturated heterocycles. The van der Waals surface area contributed by atoms with Gasteiger partial charge in [0.25, 0.3) is 0 Å². The van der Waals surface area contributed by atoms with Crippen molar-refractivity contribution in [2.24, 2.45) is 0 Å². The highest BCUT2D eigenvalue weighted by Gasteiger charge is 2.18. The lowest BCUT2D eigenvalue weighted by Gasteiger charge is -2.13. The third-order valence-electron chi connectivity index (χ3n) is 7.19. The number of hydrogen-bond acceptors (Lipinski definition) is 14. The normalized spacial score (nSPS) is 11.8. The van der Waals surface area contributed by atoms with E-state index in [2.05, 4.69) is 39.9 Å². The van der Waals surface area contributed by atoms with E-state index in [-0.39, 0.29) is 36.1 Å². The van der Waals surface area contributed by atoms with Gasteiger partial charge in [-0.05, 0) is 48.5 Å². The van der Waals surface area contributed by atoms with E-state index in [1.807, 2.05) is 48.5 Å². The summed E-state index contributed by atoms with van der Waals surface area (Å²) in [6.07, 6.45) is 3.36. The van der Waals surface area contributed by atoms with E-state index >= 15 is 0 Å². The molecule has 1 aliphatic heterocycles. The Morgan fingerprint density at radius 3 is 1.14 bits per heavy atom. The van der Waals surface area contributed by atoms with Crippen LogP contribution < -0.4 is 28.4 Å². The highest BCUT2D eigenvalue weighted by Crippen LogP contribution is 2.35. The molecule has 50 heavy (non-hydrogen) atoms. The Morgan fingerprint density at radius 1 is 0.380 bits per heavy atom. The Bertz CT molecular complexity index is 2290. The maximum Gasteiger partial charge on any atom is 0.331 e. The van der Waals surface area contributed by atoms with Crippen molar-refractivity contribution in [2.75, 3.05) is 0 Å². The summed E-state index contributed by atoms with van der Waals surface area (Å²) >= 11 is 0. The molecule has 0 amide bonds. The molecule has 4 aromatic heterocycles. The van der Waals surface area contributed by atoms with Crippen LogP contribution in [0.5, 0.6) is 70.6 Å². The van der Waals surface area contributed by atoms with Gasteiger partial charge in [-0.25, -0.2) is 0 Å². The smallest absolute Gasteiger partial charge is 0.331 e. The fourth-order valence-electron chi connectivity index (χ4n) is 5.05. The molecule has 0 N–H and O–H groups in total. The van der Waals surface area contributed by atoms with E-state index < -0.39 is 0 Å². The first-order valence-corrected chi connectivity index (χ1v) is 15.1. The van der Waals surface area contributed by atoms with Gasteiger partial charge in [0.2, 0.25) is 0 Å². The first-order valence-electron chi connectivity index (χ1n) is 15.1. The molecule has 8 aromatic rings. The van der Waals surface area contributed by atoms with E-state index in [0.29, 0.717) is 45.5 Å². The third-order valence-corrected chi connectivity index (χ3v) is 7.19. The Balaban J connectivity index is 1.10. The second kappa shape index (κ2) is 12.3. The van der Waals surface area contributed by atoms with Crippen molar-refractivity contribution in [3.05, 3.63) is 122 Å². The maximum absolute atomic E-state index is 6.10. The molecule has 4 aromatic carbocycles. The molecular formula is C36H20N8O6. The Hall–Kier alpha value is -7.48. The molecule has 14 heteroatoms. The number of para-hydroxylation sites is 2. The SMILES string of the molecule is c1cc2cc(c1)Oc1nc(nc(Oc3cccc4cccnc34)n1)Oc1cccc(c1)Oc1nc(nc(Oc3cccc4cccnc34)n1)O2. The van der Waals surface area contributed by atoms with E-state index in [1.165, 1.54) is 0 Å². The quantitative estimate of drug-likeness (QED) is 0.178. The second-order valence-electron chi connectivity index (χ2n) is 10.6. The second-order valence-corrected chi connectivity index (χ2v) is 10.6. The number of nitrogens with zero attached hydrogens (tertiary/aromatic N) is 8. The van der Waals surface area contributed by atoms with Crippen LogP contribution >= 0.6 is 0 Å². The van der Waals surface area contributed by atoms with Gasteiger partial charge in [0.15, 0.2) is 11.5 Å². The van der Waals surface area contributed by atoms with Crippen LogP contribution in [0.25, 0.3) is 21.8 Å². The molecule has 5 heterocycles. The van der Waals surface area contributed by atoms with Crippen molar-refractivity contribution >= 4 is 21.8 Å². The van der Waals surface area contributed by atoms with Gasteiger partial charge in [-0.15, -0.1) is 29.9 Å². The minimum absolute atomic E-state index is 0.0782. The zero-order chi connectivity index (χ0) is 33.3. The average Bonchev–Trinajstić information content (AvgIpc) is 3.12. The van der Waals surface area contributed by atoms with Gasteiger partial charge >= 0.3 is 36.1 Å². The number of benzene rings is 4. The van der Waals surface area contributed by atoms with E-state index in [0.717, 1.165) is 10.8 Å². The number of pyridine rings is 2. The van der Waals surface area contributed by atoms with Crippen LogP contribution in [0.2, 0.25) is 0 Å². The summed E-state index contributed by atoms with van der Waals surface area (Å²) in [5.74, 6) is 2.19. The minimum atomic E-state index is -0.100. The molecule has 0 radical (unpaired) electrons. The van der Waals surface area contributed by atoms with Gasteiger partial charge < -0.3 is 28.4 Å². The molecule has 8 bridgehead atoms. The molecule has 1 aliphatic rings. The number of rotatable bonds is 4. The molecule has 0 atom stereocenters. The zero-order valence-electron chi connectivity index (χ0n) is 25.6. The predicted octanol–water partition coefficient (Wildman–Crippen LogP) is 8.22. The largest absolute Gasteiger partial charge is 0.424 e. The van der Waals surface area contributed by atoms with Crippen molar-refractivity contribution in [1.29, 1.82) is 0 Å². The van der Waals surface area contributed by atoms with Crippen LogP contribution in [0, 0.1) is 0 Å². The summed E-state index contributed by atoms with van der Waals surface area (Å²) in [5, 5.41) is 1.77. The average molecular weight is 661 g/mol. The summed E-state index contributed by atoms with van der Waals surface area (Å²) < 4.78 is 36.4. The maximum atomic E-state index is 6.10. The van der Waals surface area contributed by atoms with Crippen LogP contribution in [-0.2, 0) is 0 Å². The van der Waals surface area contributed by atoms with Crippen molar-refractivity contribution < 1.29 is 28.4 Å². The molecule has 0 fully saturated rings. The summed E-state index contributed by atoms with van der Waals surface area (Å²) in [4.78, 5) is 35.2. The number of hydrogen-bond donors (Lipinski definition) is 0. The van der Waals surface area contributed by atoms with E-state index in [4.69, 9.17) is 28.4 Å². The van der Waals surface area contributed by atoms with Gasteiger partial charge in [-0.2, -0.15) is 0 Å². The molecular weight excluding hydrogens is 640 g/mol. The summed E-state index contributed by atoms with van der Waals surface area (Å²) in [5.41, 5.74) is 1.26. The van der Waals surface area contributed by atoms with Gasteiger partial charge in [0.05, 0.1) is 0 Å². The van der Waals surface area contributed by atoms with Crippen LogP contribution in [0.3, 0.4) is 0 Å². The highest BCUT2D eigenvalue weighted by atomic mass is 16.5. The summed E-state index contributed by atoms with van der Waals surface area (Å²) in [6, 6.07) is 31.5. The van der Waals surface area contributed by atoms with Gasteiger partial charge in [0.1, 0.15) is 34.0 Å². The highest BCUT2D eigenvalue weighted by molar-refractivity contribution is 5.85. The number of fused-ring (bicyclic) bond motifs is 10. The first-order chi connectivity index (χ1) is 24.7. The van der Waals surface area contributed by atoms with Crippen molar-refractivity contribution in [3.63, 3.8) is 0 Å². The van der Waals surface area contributed by atoms with Crippen LogP contribution in [0.15, 0.2) is 122 Å². The van der Waals surface area contributed by atoms with E-state index in [1.54, 1.807) is 73.1 Å². The fourth-order valence-corrected chi connectivity index (χ4v) is 5.05. The number of ether oxygens (including phenoxy) is 6. The molecule has 14 nitrogen and oxygen atoms in total. The molecule has 0 spiro atoms. The molecule has 240 valence electrons. The number of aromatic nitrogens is 8. The third kappa shape index (κ3) is 6.02. The molecule has 0 aliphatic carbocycles. The fraction of sp³-hybridized carbons (Fsp3) is 0. The van der Waals surface area contributed by atoms with Gasteiger partial charge in [0, 0.05) is 35.3 Å². The lowest BCUT2D eigenvalue weighted by molar-refractivity contribution is 0.352. The van der Waals surface area contributed by atoms with Gasteiger partial charge in [-0.3, -0.25) is 9.97 Å². The Kier molecular flexibility index (Phi) is 7.05. The topological polar surface area (TPSA) is 159 Å². The van der Waals surface area contributed by atoms with Crippen LogP contribution in [0.1, 0.15) is 0 Å². The standard InChI is InChI=1S/C36H20N8O6/c1-7-21-9-5-17-37-29(21)27(15-1)49-35-41-31-39-32(42-35)46-24-12-4-14-26(20-24)48-34-40-33(47-25-13-3-11-23(19-25)45-31)43-36(44-34)50-28-16-2-8-22-10-6-18-38-30(22)28/h1-20H. The van der Waals surface area contributed by atoms with Crippen molar-refractivity contribution in [3.8, 4) is 70.6 Å². The first kappa shape index (κ1) is 28.7. The van der Waals surface area contributed by atoms with Crippen LogP contribution in [-0.4, -0.2) is 39.9 Å². The summed E-state index contributed by atoms with van der Waals surface area (Å²) in [6.45, 7) is 0. The zero-order valence-corrected chi connectivity index (χ0v) is 25.6. The molecule has 0 saturated carbocycles. The Morgan fingerprint density at radius 2 is 0.740 bits per heavy atom. The minimum Gasteiger partial charge on any atom is -0.424 e. The lowest BCUT2D eigenvalue weighted by atomic mass is 10.2. The van der Waals surface area contributed by atoms with Crippen molar-refractivity contribution in [1.82, 2.24) is 39.9 Å². The van der Waals surface area contributed by atoms with E-state index in [9.17, 15) is 0 Å². The molecule has 0 unspecified atom stereocenters. The van der Waals surface area contributed by atoms with Gasteiger partial charge in [-0.1, -0.05) is 48.5 Å².